The Balaban J connectivity index is 1.17. The third kappa shape index (κ3) is 2.18. The van der Waals surface area contributed by atoms with Crippen LogP contribution in [0.15, 0.2) is 0 Å². The second-order valence-corrected chi connectivity index (χ2v) is 12.1. The van der Waals surface area contributed by atoms with E-state index in [1.165, 1.54) is 77.0 Å². The number of carbonyl (C=O) groups excluding carboxylic acids is 1. The summed E-state index contributed by atoms with van der Waals surface area (Å²) in [6.45, 7) is 0. The fraction of sp³-hybridized carbons (Fsp3) is 0.952. The van der Waals surface area contributed by atoms with Crippen molar-refractivity contribution in [3.8, 4) is 0 Å². The minimum absolute atomic E-state index is 0.0318. The van der Waals surface area contributed by atoms with Crippen LogP contribution >= 0.6 is 11.9 Å². The maximum atomic E-state index is 13.3. The van der Waals surface area contributed by atoms with E-state index in [0.29, 0.717) is 10.7 Å². The first-order valence-corrected chi connectivity index (χ1v) is 11.4. The molecule has 8 aliphatic carbocycles. The molecule has 8 fully saturated rings. The Hall–Kier alpha value is -0.180. The van der Waals surface area contributed by atoms with E-state index in [-0.39, 0.29) is 5.41 Å². The molecule has 0 heterocycles. The summed E-state index contributed by atoms with van der Waals surface area (Å²) in [5.74, 6) is 5.95. The van der Waals surface area contributed by atoms with Gasteiger partial charge in [-0.1, -0.05) is 0 Å². The highest BCUT2D eigenvalue weighted by Gasteiger charge is 2.56. The summed E-state index contributed by atoms with van der Waals surface area (Å²) in [4.78, 5) is 13.3. The van der Waals surface area contributed by atoms with Gasteiger partial charge in [0.15, 0.2) is 0 Å². The van der Waals surface area contributed by atoms with E-state index >= 15 is 0 Å². The first-order chi connectivity index (χ1) is 11.6. The molecule has 8 rings (SSSR count). The number of nitrogens with one attached hydrogen (secondary N) is 1. The van der Waals surface area contributed by atoms with E-state index in [2.05, 4.69) is 4.72 Å². The molecule has 132 valence electrons. The van der Waals surface area contributed by atoms with Crippen LogP contribution in [0, 0.1) is 40.9 Å². The maximum Gasteiger partial charge on any atom is 0.236 e. The van der Waals surface area contributed by atoms with E-state index in [0.717, 1.165) is 35.5 Å². The third-order valence-electron chi connectivity index (χ3n) is 8.86. The normalized spacial score (nSPS) is 56.7. The van der Waals surface area contributed by atoms with Crippen molar-refractivity contribution in [2.24, 2.45) is 40.9 Å². The van der Waals surface area contributed by atoms with Gasteiger partial charge in [-0.2, -0.15) is 0 Å². The van der Waals surface area contributed by atoms with Gasteiger partial charge in [0.2, 0.25) is 5.91 Å². The van der Waals surface area contributed by atoms with Crippen molar-refractivity contribution in [3.63, 3.8) is 0 Å². The van der Waals surface area contributed by atoms with Crippen molar-refractivity contribution >= 4 is 17.9 Å². The van der Waals surface area contributed by atoms with Crippen LogP contribution in [-0.4, -0.2) is 10.7 Å². The molecule has 8 saturated carbocycles. The predicted molar refractivity (Wildman–Crippen MR) is 97.2 cm³/mol. The van der Waals surface area contributed by atoms with Crippen molar-refractivity contribution in [2.45, 2.75) is 81.8 Å². The number of hydrogen-bond donors (Lipinski definition) is 1. The second kappa shape index (κ2) is 4.96. The lowest BCUT2D eigenvalue weighted by Gasteiger charge is -2.57. The predicted octanol–water partition coefficient (Wildman–Crippen LogP) is 4.94. The third-order valence-corrected chi connectivity index (χ3v) is 10.1. The summed E-state index contributed by atoms with van der Waals surface area (Å²) in [5.41, 5.74) is 0.0318. The SMILES string of the molecule is O=C(NSC12CC3CC(CC(C3)C1)C2)C12CC3CC(CC(C3)C1)C2. The lowest BCUT2D eigenvalue weighted by atomic mass is 9.49. The molecule has 3 heteroatoms. The van der Waals surface area contributed by atoms with Gasteiger partial charge in [0, 0.05) is 4.75 Å². The van der Waals surface area contributed by atoms with Crippen LogP contribution in [0.5, 0.6) is 0 Å². The minimum Gasteiger partial charge on any atom is -0.299 e. The van der Waals surface area contributed by atoms with Gasteiger partial charge in [0.05, 0.1) is 5.41 Å². The molecule has 8 bridgehead atoms. The zero-order valence-electron chi connectivity index (χ0n) is 14.8. The van der Waals surface area contributed by atoms with Crippen LogP contribution in [-0.2, 0) is 4.79 Å². The highest BCUT2D eigenvalue weighted by atomic mass is 32.2. The van der Waals surface area contributed by atoms with E-state index in [1.807, 2.05) is 11.9 Å². The molecule has 1 amide bonds. The highest BCUT2D eigenvalue weighted by molar-refractivity contribution is 7.99. The van der Waals surface area contributed by atoms with Gasteiger partial charge in [0.1, 0.15) is 0 Å². The quantitative estimate of drug-likeness (QED) is 0.734. The Morgan fingerprint density at radius 3 is 1.46 bits per heavy atom. The van der Waals surface area contributed by atoms with Crippen LogP contribution in [0.25, 0.3) is 0 Å². The molecular weight excluding hydrogens is 314 g/mol. The van der Waals surface area contributed by atoms with Gasteiger partial charge >= 0.3 is 0 Å². The summed E-state index contributed by atoms with van der Waals surface area (Å²) in [7, 11) is 0. The minimum atomic E-state index is 0.0318. The van der Waals surface area contributed by atoms with Gasteiger partial charge in [-0.05, 0) is 125 Å². The van der Waals surface area contributed by atoms with Gasteiger partial charge in [-0.3, -0.25) is 9.52 Å². The molecule has 0 aliphatic heterocycles. The topological polar surface area (TPSA) is 29.1 Å². The molecule has 8 aliphatic rings. The van der Waals surface area contributed by atoms with E-state index in [9.17, 15) is 4.79 Å². The lowest BCUT2D eigenvalue weighted by Crippen LogP contribution is -2.54. The average molecular weight is 346 g/mol. The summed E-state index contributed by atoms with van der Waals surface area (Å²) < 4.78 is 3.88. The largest absolute Gasteiger partial charge is 0.299 e. The van der Waals surface area contributed by atoms with Crippen molar-refractivity contribution in [1.82, 2.24) is 4.72 Å². The van der Waals surface area contributed by atoms with Crippen LogP contribution in [0.1, 0.15) is 77.0 Å². The van der Waals surface area contributed by atoms with Gasteiger partial charge < -0.3 is 0 Å². The van der Waals surface area contributed by atoms with Crippen LogP contribution in [0.4, 0.5) is 0 Å². The molecule has 2 nitrogen and oxygen atoms in total. The van der Waals surface area contributed by atoms with Crippen LogP contribution < -0.4 is 4.72 Å². The maximum absolute atomic E-state index is 13.3. The molecule has 24 heavy (non-hydrogen) atoms. The fourth-order valence-corrected chi connectivity index (χ4v) is 10.3. The number of hydrogen-bond acceptors (Lipinski definition) is 2. The molecule has 0 aromatic rings. The molecule has 0 saturated heterocycles. The van der Waals surface area contributed by atoms with Gasteiger partial charge in [-0.15, -0.1) is 0 Å². The van der Waals surface area contributed by atoms with Crippen molar-refractivity contribution in [3.05, 3.63) is 0 Å². The Morgan fingerprint density at radius 2 is 1.04 bits per heavy atom. The van der Waals surface area contributed by atoms with E-state index < -0.39 is 0 Å². The van der Waals surface area contributed by atoms with Crippen molar-refractivity contribution < 1.29 is 4.79 Å². The van der Waals surface area contributed by atoms with Crippen LogP contribution in [0.2, 0.25) is 0 Å². The second-order valence-electron chi connectivity index (χ2n) is 10.8. The van der Waals surface area contributed by atoms with Crippen molar-refractivity contribution in [1.29, 1.82) is 0 Å². The zero-order chi connectivity index (χ0) is 15.9. The molecule has 1 N–H and O–H groups in total. The number of amides is 1. The monoisotopic (exact) mass is 345 g/mol. The standard InChI is InChI=1S/C21H31NOS/c23-19(20-7-13-1-14(8-20)3-15(2-13)9-20)22-24-21-10-16-4-17(11-21)6-18(5-16)12-21/h13-18H,1-12H2,(H,22,23). The van der Waals surface area contributed by atoms with Gasteiger partial charge in [-0.25, -0.2) is 0 Å². The highest BCUT2D eigenvalue weighted by Crippen LogP contribution is 2.62. The molecule has 0 radical (unpaired) electrons. The van der Waals surface area contributed by atoms with Gasteiger partial charge in [0.25, 0.3) is 0 Å². The van der Waals surface area contributed by atoms with E-state index in [4.69, 9.17) is 0 Å². The first kappa shape index (κ1) is 14.9. The number of carbonyl (C=O) groups is 1. The molecule has 0 unspecified atom stereocenters. The Labute approximate surface area is 150 Å². The summed E-state index contributed by atoms with van der Waals surface area (Å²) >= 11 is 1.89. The fourth-order valence-electron chi connectivity index (χ4n) is 8.81. The molecule has 0 atom stereocenters. The lowest BCUT2D eigenvalue weighted by molar-refractivity contribution is -0.144. The Kier molecular flexibility index (Phi) is 3.08. The Bertz CT molecular complexity index is 500. The molecule has 0 aromatic heterocycles. The number of rotatable bonds is 3. The summed E-state index contributed by atoms with van der Waals surface area (Å²) in [6, 6.07) is 0. The molecule has 0 spiro atoms. The smallest absolute Gasteiger partial charge is 0.236 e. The zero-order valence-corrected chi connectivity index (χ0v) is 15.6. The van der Waals surface area contributed by atoms with Crippen molar-refractivity contribution in [2.75, 3.05) is 0 Å². The molecule has 0 aromatic carbocycles. The summed E-state index contributed by atoms with van der Waals surface area (Å²) in [6.07, 6.45) is 16.5. The summed E-state index contributed by atoms with van der Waals surface area (Å²) in [5, 5.41) is 0. The van der Waals surface area contributed by atoms with Crippen LogP contribution in [0.3, 0.4) is 0 Å². The van der Waals surface area contributed by atoms with E-state index in [1.54, 1.807) is 0 Å². The Morgan fingerprint density at radius 1 is 0.667 bits per heavy atom. The first-order valence-electron chi connectivity index (χ1n) is 10.6. The average Bonchev–Trinajstić information content (AvgIpc) is 2.50. The molecular formula is C21H31NOS.